The topological polar surface area (TPSA) is 9.23 Å². The van der Waals surface area contributed by atoms with Crippen LogP contribution in [0.1, 0.15) is 116 Å². The quantitative estimate of drug-likeness (QED) is 0.223. The number of halogens is 2. The summed E-state index contributed by atoms with van der Waals surface area (Å²) in [5.41, 5.74) is 1.80. The summed E-state index contributed by atoms with van der Waals surface area (Å²) in [5.74, 6) is 4.73. The van der Waals surface area contributed by atoms with Gasteiger partial charge >= 0.3 is 0 Å². The third kappa shape index (κ3) is 7.18. The molecule has 0 saturated heterocycles. The molecule has 2 saturated carbocycles. The second-order valence-corrected chi connectivity index (χ2v) is 12.2. The smallest absolute Gasteiger partial charge is 0.153 e. The van der Waals surface area contributed by atoms with Gasteiger partial charge in [0.15, 0.2) is 5.82 Å². The van der Waals surface area contributed by atoms with E-state index in [0.29, 0.717) is 17.9 Å². The third-order valence-corrected chi connectivity index (χ3v) is 9.97. The minimum atomic E-state index is -0.313. The maximum Gasteiger partial charge on any atom is 0.153 e. The molecule has 200 valence electrons. The predicted octanol–water partition coefficient (Wildman–Crippen LogP) is 10.8. The van der Waals surface area contributed by atoms with Crippen molar-refractivity contribution in [2.75, 3.05) is 6.61 Å². The normalized spacial score (nSPS) is 29.3. The third-order valence-electron chi connectivity index (χ3n) is 9.62. The Morgan fingerprint density at radius 1 is 0.944 bits per heavy atom. The highest BCUT2D eigenvalue weighted by Crippen LogP contribution is 2.46. The molecule has 0 spiro atoms. The second-order valence-electron chi connectivity index (χ2n) is 11.8. The van der Waals surface area contributed by atoms with Gasteiger partial charge in [0.25, 0.3) is 0 Å². The molecule has 2 fully saturated rings. The van der Waals surface area contributed by atoms with Gasteiger partial charge in [-0.3, -0.25) is 0 Å². The predicted molar refractivity (Wildman–Crippen MR) is 152 cm³/mol. The van der Waals surface area contributed by atoms with Crippen molar-refractivity contribution in [2.45, 2.75) is 110 Å². The van der Waals surface area contributed by atoms with Crippen LogP contribution in [0.2, 0.25) is 5.02 Å². The molecule has 1 aromatic rings. The molecule has 1 atom stereocenters. The van der Waals surface area contributed by atoms with Gasteiger partial charge in [-0.1, -0.05) is 56.0 Å². The highest BCUT2D eigenvalue weighted by molar-refractivity contribution is 6.32. The summed E-state index contributed by atoms with van der Waals surface area (Å²) in [4.78, 5) is 0. The van der Waals surface area contributed by atoms with Crippen molar-refractivity contribution in [1.29, 1.82) is 0 Å². The van der Waals surface area contributed by atoms with Gasteiger partial charge in [0.2, 0.25) is 0 Å². The maximum atomic E-state index is 15.1. The summed E-state index contributed by atoms with van der Waals surface area (Å²) in [7, 11) is 0. The summed E-state index contributed by atoms with van der Waals surface area (Å²) < 4.78 is 20.8. The molecule has 36 heavy (non-hydrogen) atoms. The summed E-state index contributed by atoms with van der Waals surface area (Å²) in [6.45, 7) is 4.83. The molecule has 0 aromatic heterocycles. The van der Waals surface area contributed by atoms with Gasteiger partial charge in [0.1, 0.15) is 10.8 Å². The fourth-order valence-corrected chi connectivity index (χ4v) is 7.50. The van der Waals surface area contributed by atoms with E-state index < -0.39 is 0 Å². The lowest BCUT2D eigenvalue weighted by Crippen LogP contribution is -2.28. The first-order chi connectivity index (χ1) is 17.6. The highest BCUT2D eigenvalue weighted by atomic mass is 35.5. The van der Waals surface area contributed by atoms with Crippen molar-refractivity contribution >= 4 is 17.2 Å². The molecule has 1 nitrogen and oxygen atoms in total. The highest BCUT2D eigenvalue weighted by Gasteiger charge is 2.34. The fourth-order valence-electron chi connectivity index (χ4n) is 7.28. The van der Waals surface area contributed by atoms with Crippen molar-refractivity contribution in [2.24, 2.45) is 29.6 Å². The van der Waals surface area contributed by atoms with Crippen LogP contribution >= 0.6 is 11.6 Å². The number of ether oxygens (including phenoxy) is 1. The number of hydrogen-bond donors (Lipinski definition) is 0. The van der Waals surface area contributed by atoms with Crippen LogP contribution in [0.15, 0.2) is 30.4 Å². The van der Waals surface area contributed by atoms with Gasteiger partial charge in [0.05, 0.1) is 6.61 Å². The number of hydrogen-bond acceptors (Lipinski definition) is 1. The average molecular weight is 515 g/mol. The van der Waals surface area contributed by atoms with E-state index in [4.69, 9.17) is 16.3 Å². The Balaban J connectivity index is 1.23. The molecule has 0 N–H and O–H groups in total. The average Bonchev–Trinajstić information content (AvgIpc) is 2.92. The number of rotatable bonds is 10. The van der Waals surface area contributed by atoms with E-state index in [2.05, 4.69) is 32.1 Å². The van der Waals surface area contributed by atoms with E-state index in [-0.39, 0.29) is 10.8 Å². The molecule has 0 bridgehead atoms. The Morgan fingerprint density at radius 2 is 1.61 bits per heavy atom. The molecule has 0 radical (unpaired) electrons. The SMILES string of the molecule is CC=CCCC1CCC(C2CCC(C3CC=C(c4ccc(OCCCC)c(Cl)c4F)CC3)CC2)CC1. The lowest BCUT2D eigenvalue weighted by atomic mass is 9.65. The van der Waals surface area contributed by atoms with Crippen LogP contribution in [0.25, 0.3) is 5.57 Å². The molecular weight excluding hydrogens is 467 g/mol. The zero-order valence-electron chi connectivity index (χ0n) is 22.8. The molecular formula is C33H48ClFO. The molecule has 3 aliphatic carbocycles. The van der Waals surface area contributed by atoms with Crippen LogP contribution in [0.3, 0.4) is 0 Å². The van der Waals surface area contributed by atoms with Gasteiger partial charge in [-0.05, 0) is 131 Å². The Morgan fingerprint density at radius 3 is 2.22 bits per heavy atom. The number of benzene rings is 1. The summed E-state index contributed by atoms with van der Waals surface area (Å²) >= 11 is 6.33. The van der Waals surface area contributed by atoms with Gasteiger partial charge in [-0.15, -0.1) is 0 Å². The Labute approximate surface area is 224 Å². The van der Waals surface area contributed by atoms with Crippen molar-refractivity contribution < 1.29 is 9.13 Å². The zero-order chi connectivity index (χ0) is 25.3. The summed E-state index contributed by atoms with van der Waals surface area (Å²) in [5, 5.41) is 0.136. The van der Waals surface area contributed by atoms with Crippen molar-refractivity contribution in [3.63, 3.8) is 0 Å². The van der Waals surface area contributed by atoms with Crippen LogP contribution in [-0.4, -0.2) is 6.61 Å². The van der Waals surface area contributed by atoms with E-state index in [1.807, 2.05) is 12.1 Å². The standard InChI is InChI=1S/C33H48ClFO/c1-3-5-7-8-24-9-11-25(12-10-24)26-13-15-27(16-14-26)28-17-19-29(20-18-28)30-21-22-31(32(34)33(30)35)36-23-6-4-2/h3,5,19,21-22,24-28H,4,6-18,20,23H2,1-2H3. The van der Waals surface area contributed by atoms with Crippen LogP contribution in [0.4, 0.5) is 4.39 Å². The fraction of sp³-hybridized carbons (Fsp3) is 0.697. The minimum absolute atomic E-state index is 0.136. The molecule has 3 aliphatic rings. The van der Waals surface area contributed by atoms with Gasteiger partial charge in [-0.25, -0.2) is 4.39 Å². The largest absolute Gasteiger partial charge is 0.492 e. The first-order valence-electron chi connectivity index (χ1n) is 15.0. The van der Waals surface area contributed by atoms with E-state index >= 15 is 4.39 Å². The lowest BCUT2D eigenvalue weighted by molar-refractivity contribution is 0.121. The van der Waals surface area contributed by atoms with E-state index in [1.54, 1.807) is 0 Å². The van der Waals surface area contributed by atoms with Crippen LogP contribution < -0.4 is 4.74 Å². The first-order valence-corrected chi connectivity index (χ1v) is 15.4. The number of unbranched alkanes of at least 4 members (excludes halogenated alkanes) is 1. The minimum Gasteiger partial charge on any atom is -0.492 e. The van der Waals surface area contributed by atoms with Crippen LogP contribution in [0, 0.1) is 35.4 Å². The molecule has 0 amide bonds. The lowest BCUT2D eigenvalue weighted by Gasteiger charge is -2.40. The Kier molecular flexibility index (Phi) is 10.8. The van der Waals surface area contributed by atoms with E-state index in [0.717, 1.165) is 60.8 Å². The number of allylic oxidation sites excluding steroid dienone is 4. The maximum absolute atomic E-state index is 15.1. The molecule has 1 unspecified atom stereocenters. The summed E-state index contributed by atoms with van der Waals surface area (Å²) in [6.07, 6.45) is 26.3. The zero-order valence-corrected chi connectivity index (χ0v) is 23.5. The van der Waals surface area contributed by atoms with E-state index in [9.17, 15) is 0 Å². The Bertz CT molecular complexity index is 874. The van der Waals surface area contributed by atoms with Crippen molar-refractivity contribution in [3.8, 4) is 5.75 Å². The Hall–Kier alpha value is -1.28. The van der Waals surface area contributed by atoms with Gasteiger partial charge < -0.3 is 4.74 Å². The molecule has 3 heteroatoms. The van der Waals surface area contributed by atoms with E-state index in [1.165, 1.54) is 70.6 Å². The molecule has 1 aromatic carbocycles. The molecule has 0 aliphatic heterocycles. The van der Waals surface area contributed by atoms with Gasteiger partial charge in [0, 0.05) is 5.56 Å². The summed E-state index contributed by atoms with van der Waals surface area (Å²) in [6, 6.07) is 3.72. The first kappa shape index (κ1) is 27.7. The van der Waals surface area contributed by atoms with Crippen LogP contribution in [0.5, 0.6) is 5.75 Å². The monoisotopic (exact) mass is 514 g/mol. The van der Waals surface area contributed by atoms with Gasteiger partial charge in [-0.2, -0.15) is 0 Å². The van der Waals surface area contributed by atoms with Crippen molar-refractivity contribution in [1.82, 2.24) is 0 Å². The molecule has 4 rings (SSSR count). The van der Waals surface area contributed by atoms with Crippen molar-refractivity contribution in [3.05, 3.63) is 46.8 Å². The molecule has 0 heterocycles. The van der Waals surface area contributed by atoms with Crippen LogP contribution in [-0.2, 0) is 0 Å². The second kappa shape index (κ2) is 14.0.